The maximum Gasteiger partial charge on any atom is 0.420 e. The van der Waals surface area contributed by atoms with E-state index >= 15 is 0 Å². The molecule has 2 aromatic rings. The number of carbonyl (C=O) groups excluding carboxylic acids is 1. The first-order valence-electron chi connectivity index (χ1n) is 8.71. The summed E-state index contributed by atoms with van der Waals surface area (Å²) in [4.78, 5) is 26.4. The summed E-state index contributed by atoms with van der Waals surface area (Å²) >= 11 is 0. The van der Waals surface area contributed by atoms with E-state index in [1.807, 2.05) is 6.07 Å². The third kappa shape index (κ3) is 4.06. The molecule has 24 heavy (non-hydrogen) atoms. The molecule has 0 atom stereocenters. The van der Waals surface area contributed by atoms with Crippen LogP contribution in [-0.2, 0) is 11.3 Å². The predicted octanol–water partition coefficient (Wildman–Crippen LogP) is 1.83. The van der Waals surface area contributed by atoms with Crippen molar-refractivity contribution in [2.45, 2.75) is 32.7 Å². The van der Waals surface area contributed by atoms with Crippen LogP contribution in [0.2, 0.25) is 0 Å². The van der Waals surface area contributed by atoms with Gasteiger partial charge >= 0.3 is 5.76 Å². The number of carbonyl (C=O) groups is 1. The molecule has 6 heteroatoms. The number of benzene rings is 1. The molecular weight excluding hydrogens is 306 g/mol. The van der Waals surface area contributed by atoms with E-state index in [-0.39, 0.29) is 12.5 Å². The number of fused-ring (bicyclic) bond motifs is 1. The number of rotatable bonds is 6. The number of oxazole rings is 1. The molecule has 1 aromatic carbocycles. The van der Waals surface area contributed by atoms with Crippen LogP contribution in [0.15, 0.2) is 33.5 Å². The van der Waals surface area contributed by atoms with Crippen molar-refractivity contribution >= 4 is 17.0 Å². The number of nitrogens with zero attached hydrogens (tertiary/aromatic N) is 2. The molecule has 6 nitrogen and oxygen atoms in total. The second-order valence-corrected chi connectivity index (χ2v) is 6.65. The Morgan fingerprint density at radius 2 is 2.04 bits per heavy atom. The quantitative estimate of drug-likeness (QED) is 0.820. The summed E-state index contributed by atoms with van der Waals surface area (Å²) in [7, 11) is 0. The van der Waals surface area contributed by atoms with E-state index in [9.17, 15) is 9.59 Å². The Morgan fingerprint density at radius 1 is 1.29 bits per heavy atom. The van der Waals surface area contributed by atoms with Crippen LogP contribution in [0.5, 0.6) is 0 Å². The Balaban J connectivity index is 1.44. The molecule has 0 radical (unpaired) electrons. The minimum atomic E-state index is -0.492. The average Bonchev–Trinajstić information content (AvgIpc) is 2.89. The zero-order chi connectivity index (χ0) is 16.9. The lowest BCUT2D eigenvalue weighted by Gasteiger charge is -2.30. The number of amides is 1. The Labute approximate surface area is 141 Å². The molecule has 1 saturated heterocycles. The van der Waals surface area contributed by atoms with Crippen LogP contribution in [0.25, 0.3) is 11.1 Å². The van der Waals surface area contributed by atoms with Crippen molar-refractivity contribution in [2.75, 3.05) is 26.2 Å². The number of hydrogen-bond acceptors (Lipinski definition) is 4. The minimum absolute atomic E-state index is 0.00290. The molecule has 0 unspecified atom stereocenters. The summed E-state index contributed by atoms with van der Waals surface area (Å²) in [5.41, 5.74) is 1.16. The lowest BCUT2D eigenvalue weighted by molar-refractivity contribution is -0.121. The van der Waals surface area contributed by atoms with Crippen molar-refractivity contribution in [3.63, 3.8) is 0 Å². The average molecular weight is 331 g/mol. The summed E-state index contributed by atoms with van der Waals surface area (Å²) in [5.74, 6) is 0.189. The molecular formula is C18H25N3O3. The molecule has 1 N–H and O–H groups in total. The van der Waals surface area contributed by atoms with Crippen LogP contribution in [0.1, 0.15) is 26.2 Å². The molecule has 1 aliphatic heterocycles. The maximum absolute atomic E-state index is 12.1. The van der Waals surface area contributed by atoms with Crippen LogP contribution in [-0.4, -0.2) is 41.6 Å². The van der Waals surface area contributed by atoms with Gasteiger partial charge in [0.25, 0.3) is 0 Å². The first kappa shape index (κ1) is 16.8. The normalized spacial score (nSPS) is 16.5. The fraction of sp³-hybridized carbons (Fsp3) is 0.556. The summed E-state index contributed by atoms with van der Waals surface area (Å²) in [5, 5.41) is 2.89. The van der Waals surface area contributed by atoms with Crippen molar-refractivity contribution in [3.05, 3.63) is 34.8 Å². The number of nitrogens with one attached hydrogen (secondary N) is 1. The molecule has 0 spiro atoms. The minimum Gasteiger partial charge on any atom is -0.408 e. The van der Waals surface area contributed by atoms with Gasteiger partial charge in [0.05, 0.1) is 5.52 Å². The topological polar surface area (TPSA) is 67.5 Å². The Kier molecular flexibility index (Phi) is 5.35. The van der Waals surface area contributed by atoms with E-state index in [2.05, 4.69) is 17.1 Å². The number of piperidine rings is 1. The number of para-hydroxylation sites is 2. The Hall–Kier alpha value is -2.08. The molecule has 130 valence electrons. The molecule has 1 fully saturated rings. The SMILES string of the molecule is CC1CCN(CCCNC(=O)Cn2c(=O)oc3ccccc32)CC1. The second-order valence-electron chi connectivity index (χ2n) is 6.65. The lowest BCUT2D eigenvalue weighted by Crippen LogP contribution is -2.36. The van der Waals surface area contributed by atoms with Gasteiger partial charge in [0.1, 0.15) is 6.54 Å². The molecule has 3 rings (SSSR count). The molecule has 0 bridgehead atoms. The number of aromatic nitrogens is 1. The lowest BCUT2D eigenvalue weighted by atomic mass is 9.99. The van der Waals surface area contributed by atoms with Gasteiger partial charge in [-0.05, 0) is 56.9 Å². The van der Waals surface area contributed by atoms with Crippen molar-refractivity contribution in [3.8, 4) is 0 Å². The van der Waals surface area contributed by atoms with E-state index < -0.39 is 5.76 Å². The van der Waals surface area contributed by atoms with Gasteiger partial charge in [-0.25, -0.2) is 4.79 Å². The summed E-state index contributed by atoms with van der Waals surface area (Å²) in [6.07, 6.45) is 3.47. The largest absolute Gasteiger partial charge is 0.420 e. The van der Waals surface area contributed by atoms with Gasteiger partial charge in [0.15, 0.2) is 5.58 Å². The zero-order valence-corrected chi connectivity index (χ0v) is 14.2. The highest BCUT2D eigenvalue weighted by Gasteiger charge is 2.15. The van der Waals surface area contributed by atoms with Gasteiger partial charge in [0, 0.05) is 6.54 Å². The third-order valence-corrected chi connectivity index (χ3v) is 4.72. The van der Waals surface area contributed by atoms with Crippen LogP contribution < -0.4 is 11.1 Å². The van der Waals surface area contributed by atoms with Gasteiger partial charge in [-0.1, -0.05) is 19.1 Å². The summed E-state index contributed by atoms with van der Waals surface area (Å²) in [6.45, 7) is 6.27. The van der Waals surface area contributed by atoms with Gasteiger partial charge in [0.2, 0.25) is 5.91 Å². The van der Waals surface area contributed by atoms with Crippen LogP contribution in [0, 0.1) is 5.92 Å². The second kappa shape index (κ2) is 7.66. The first-order valence-corrected chi connectivity index (χ1v) is 8.71. The Bertz CT molecular complexity index is 741. The van der Waals surface area contributed by atoms with Gasteiger partial charge in [-0.15, -0.1) is 0 Å². The molecule has 0 saturated carbocycles. The highest BCUT2D eigenvalue weighted by Crippen LogP contribution is 2.15. The van der Waals surface area contributed by atoms with Gasteiger partial charge in [-0.2, -0.15) is 0 Å². The van der Waals surface area contributed by atoms with Crippen molar-refractivity contribution in [2.24, 2.45) is 5.92 Å². The Morgan fingerprint density at radius 3 is 2.83 bits per heavy atom. The summed E-state index contributed by atoms with van der Waals surface area (Å²) < 4.78 is 6.51. The van der Waals surface area contributed by atoms with Crippen LogP contribution >= 0.6 is 0 Å². The molecule has 1 aliphatic rings. The van der Waals surface area contributed by atoms with Crippen LogP contribution in [0.3, 0.4) is 0 Å². The highest BCUT2D eigenvalue weighted by molar-refractivity contribution is 5.79. The molecule has 0 aliphatic carbocycles. The van der Waals surface area contributed by atoms with Crippen molar-refractivity contribution in [1.82, 2.24) is 14.8 Å². The number of likely N-dealkylation sites (tertiary alicyclic amines) is 1. The van der Waals surface area contributed by atoms with Gasteiger partial charge < -0.3 is 14.6 Å². The summed E-state index contributed by atoms with van der Waals surface area (Å²) in [6, 6.07) is 7.14. The third-order valence-electron chi connectivity index (χ3n) is 4.72. The van der Waals surface area contributed by atoms with Crippen molar-refractivity contribution < 1.29 is 9.21 Å². The predicted molar refractivity (Wildman–Crippen MR) is 92.9 cm³/mol. The van der Waals surface area contributed by atoms with Gasteiger partial charge in [-0.3, -0.25) is 9.36 Å². The zero-order valence-electron chi connectivity index (χ0n) is 14.2. The molecule has 2 heterocycles. The van der Waals surface area contributed by atoms with Crippen LogP contribution in [0.4, 0.5) is 0 Å². The van der Waals surface area contributed by atoms with E-state index in [1.165, 1.54) is 17.4 Å². The first-order chi connectivity index (χ1) is 11.6. The molecule has 1 amide bonds. The fourth-order valence-corrected chi connectivity index (χ4v) is 3.18. The van der Waals surface area contributed by atoms with Crippen molar-refractivity contribution in [1.29, 1.82) is 0 Å². The maximum atomic E-state index is 12.1. The van der Waals surface area contributed by atoms with E-state index in [4.69, 9.17) is 4.42 Å². The standard InChI is InChI=1S/C18H25N3O3/c1-14-7-11-20(12-8-14)10-4-9-19-17(22)13-21-15-5-2-3-6-16(15)24-18(21)23/h2-3,5-6,14H,4,7-13H2,1H3,(H,19,22). The fourth-order valence-electron chi connectivity index (χ4n) is 3.18. The monoisotopic (exact) mass is 331 g/mol. The number of hydrogen-bond donors (Lipinski definition) is 1. The molecule has 1 aromatic heterocycles. The van der Waals surface area contributed by atoms with E-state index in [0.717, 1.165) is 32.0 Å². The van der Waals surface area contributed by atoms with E-state index in [1.54, 1.807) is 18.2 Å². The highest BCUT2D eigenvalue weighted by atomic mass is 16.4. The van der Waals surface area contributed by atoms with E-state index in [0.29, 0.717) is 17.6 Å². The smallest absolute Gasteiger partial charge is 0.408 e.